The third-order valence-corrected chi connectivity index (χ3v) is 1.43. The highest BCUT2D eigenvalue weighted by Crippen LogP contribution is 1.85. The van der Waals surface area contributed by atoms with Gasteiger partial charge in [-0.05, 0) is 0 Å². The molecule has 0 spiro atoms. The highest BCUT2D eigenvalue weighted by Gasteiger charge is 2.05. The smallest absolute Gasteiger partial charge is 0.269 e. The first-order chi connectivity index (χ1) is 6.24. The fraction of sp³-hybridized carbons (Fsp3) is 0.429. The zero-order chi connectivity index (χ0) is 9.68. The van der Waals surface area contributed by atoms with Gasteiger partial charge in [0, 0.05) is 19.7 Å². The maximum atomic E-state index is 11.2. The molecule has 1 rings (SSSR count). The quantitative estimate of drug-likeness (QED) is 0.530. The third kappa shape index (κ3) is 2.75. The molecule has 0 unspecified atom stereocenters. The summed E-state index contributed by atoms with van der Waals surface area (Å²) in [4.78, 5) is 21.8. The van der Waals surface area contributed by atoms with Crippen LogP contribution in [0.5, 0.6) is 0 Å². The number of amides is 1. The lowest BCUT2D eigenvalue weighted by Gasteiger charge is -2.00. The van der Waals surface area contributed by atoms with Crippen LogP contribution in [0.1, 0.15) is 10.5 Å². The Hall–Kier alpha value is -1.56. The maximum Gasteiger partial charge on any atom is 0.269 e. The Morgan fingerprint density at radius 3 is 2.92 bits per heavy atom. The summed E-state index contributed by atoms with van der Waals surface area (Å²) in [6.45, 7) is 0.864. The lowest BCUT2D eigenvalue weighted by Crippen LogP contribution is -2.27. The van der Waals surface area contributed by atoms with E-state index in [-0.39, 0.29) is 17.2 Å². The number of ether oxygens (including phenoxy) is 1. The van der Waals surface area contributed by atoms with Gasteiger partial charge in [0.05, 0.1) is 6.61 Å². The SMILES string of the molecule is COCCNC(=O)c1cc(=O)[nH][nH]1. The van der Waals surface area contributed by atoms with Gasteiger partial charge >= 0.3 is 0 Å². The predicted molar refractivity (Wildman–Crippen MR) is 45.6 cm³/mol. The van der Waals surface area contributed by atoms with Crippen LogP contribution in [0.4, 0.5) is 0 Å². The highest BCUT2D eigenvalue weighted by atomic mass is 16.5. The molecule has 1 aromatic heterocycles. The Kier molecular flexibility index (Phi) is 3.27. The molecule has 0 saturated carbocycles. The van der Waals surface area contributed by atoms with Crippen molar-refractivity contribution >= 4 is 5.91 Å². The van der Waals surface area contributed by atoms with E-state index in [0.29, 0.717) is 13.2 Å². The van der Waals surface area contributed by atoms with Gasteiger partial charge in [-0.2, -0.15) is 0 Å². The number of nitrogens with one attached hydrogen (secondary N) is 3. The first kappa shape index (κ1) is 9.53. The van der Waals surface area contributed by atoms with Crippen LogP contribution in [0.3, 0.4) is 0 Å². The summed E-state index contributed by atoms with van der Waals surface area (Å²) >= 11 is 0. The van der Waals surface area contributed by atoms with Gasteiger partial charge in [-0.1, -0.05) is 0 Å². The van der Waals surface area contributed by atoms with E-state index >= 15 is 0 Å². The number of hydrogen-bond acceptors (Lipinski definition) is 3. The number of aromatic amines is 2. The number of carbonyl (C=O) groups is 1. The van der Waals surface area contributed by atoms with Gasteiger partial charge in [-0.25, -0.2) is 0 Å². The molecule has 0 aliphatic heterocycles. The van der Waals surface area contributed by atoms with Crippen LogP contribution in [0.25, 0.3) is 0 Å². The molecule has 0 aliphatic carbocycles. The van der Waals surface area contributed by atoms with Crippen LogP contribution in [0.2, 0.25) is 0 Å². The second kappa shape index (κ2) is 4.46. The van der Waals surface area contributed by atoms with Crippen molar-refractivity contribution in [1.29, 1.82) is 0 Å². The van der Waals surface area contributed by atoms with Gasteiger partial charge in [0.2, 0.25) is 0 Å². The summed E-state index contributed by atoms with van der Waals surface area (Å²) in [5, 5.41) is 7.27. The van der Waals surface area contributed by atoms with E-state index in [4.69, 9.17) is 4.74 Å². The molecule has 6 nitrogen and oxygen atoms in total. The fourth-order valence-corrected chi connectivity index (χ4v) is 0.816. The Morgan fingerprint density at radius 1 is 1.62 bits per heavy atom. The first-order valence-corrected chi connectivity index (χ1v) is 3.79. The molecule has 3 N–H and O–H groups in total. The van der Waals surface area contributed by atoms with Crippen molar-refractivity contribution < 1.29 is 9.53 Å². The monoisotopic (exact) mass is 185 g/mol. The second-order valence-corrected chi connectivity index (χ2v) is 2.42. The van der Waals surface area contributed by atoms with Crippen molar-refractivity contribution in [1.82, 2.24) is 15.5 Å². The molecule has 0 atom stereocenters. The molecule has 6 heteroatoms. The van der Waals surface area contributed by atoms with Gasteiger partial charge in [0.25, 0.3) is 11.5 Å². The van der Waals surface area contributed by atoms with E-state index in [1.54, 1.807) is 7.11 Å². The van der Waals surface area contributed by atoms with E-state index < -0.39 is 0 Å². The topological polar surface area (TPSA) is 87.0 Å². The third-order valence-electron chi connectivity index (χ3n) is 1.43. The summed E-state index contributed by atoms with van der Waals surface area (Å²) in [6.07, 6.45) is 0. The van der Waals surface area contributed by atoms with Gasteiger partial charge in [-0.3, -0.25) is 19.8 Å². The number of carbonyl (C=O) groups excluding carboxylic acids is 1. The Bertz CT molecular complexity index is 328. The summed E-state index contributed by atoms with van der Waals surface area (Å²) in [7, 11) is 1.55. The van der Waals surface area contributed by atoms with Crippen LogP contribution in [0.15, 0.2) is 10.9 Å². The maximum absolute atomic E-state index is 11.2. The van der Waals surface area contributed by atoms with Crippen LogP contribution in [0, 0.1) is 0 Å². The minimum atomic E-state index is -0.324. The van der Waals surface area contributed by atoms with E-state index in [1.165, 1.54) is 6.07 Å². The minimum absolute atomic E-state index is 0.223. The molecule has 0 bridgehead atoms. The molecular formula is C7H11N3O3. The zero-order valence-electron chi connectivity index (χ0n) is 7.22. The average molecular weight is 185 g/mol. The number of H-pyrrole nitrogens is 2. The molecule has 13 heavy (non-hydrogen) atoms. The van der Waals surface area contributed by atoms with Gasteiger partial charge in [0.15, 0.2) is 0 Å². The largest absolute Gasteiger partial charge is 0.383 e. The van der Waals surface area contributed by atoms with Crippen molar-refractivity contribution in [2.45, 2.75) is 0 Å². The highest BCUT2D eigenvalue weighted by molar-refractivity contribution is 5.91. The fourth-order valence-electron chi connectivity index (χ4n) is 0.816. The summed E-state index contributed by atoms with van der Waals surface area (Å²) in [5.41, 5.74) is -0.0991. The standard InChI is InChI=1S/C7H11N3O3/c1-13-3-2-8-7(12)5-4-6(11)10-9-5/h4H,2-3H2,1H3,(H,8,12)(H2,9,10,11). The molecule has 1 amide bonds. The summed E-state index contributed by atoms with van der Waals surface area (Å²) in [6, 6.07) is 1.20. The number of methoxy groups -OCH3 is 1. The van der Waals surface area contributed by atoms with E-state index in [1.807, 2.05) is 0 Å². The van der Waals surface area contributed by atoms with E-state index in [9.17, 15) is 9.59 Å². The number of rotatable bonds is 4. The van der Waals surface area contributed by atoms with Crippen LogP contribution >= 0.6 is 0 Å². The van der Waals surface area contributed by atoms with Gasteiger partial charge in [-0.15, -0.1) is 0 Å². The van der Waals surface area contributed by atoms with E-state index in [2.05, 4.69) is 15.5 Å². The predicted octanol–water partition coefficient (Wildman–Crippen LogP) is -0.921. The lowest BCUT2D eigenvalue weighted by atomic mass is 10.4. The van der Waals surface area contributed by atoms with Crippen LogP contribution in [-0.2, 0) is 4.74 Å². The molecule has 0 fully saturated rings. The minimum Gasteiger partial charge on any atom is -0.383 e. The molecule has 0 radical (unpaired) electrons. The normalized spacial score (nSPS) is 9.92. The molecule has 0 aliphatic rings. The van der Waals surface area contributed by atoms with Crippen molar-refractivity contribution in [3.63, 3.8) is 0 Å². The second-order valence-electron chi connectivity index (χ2n) is 2.42. The first-order valence-electron chi connectivity index (χ1n) is 3.79. The average Bonchev–Trinajstić information content (AvgIpc) is 2.52. The Morgan fingerprint density at radius 2 is 2.38 bits per heavy atom. The van der Waals surface area contributed by atoms with Crippen molar-refractivity contribution in [3.8, 4) is 0 Å². The van der Waals surface area contributed by atoms with Gasteiger partial charge in [0.1, 0.15) is 5.69 Å². The van der Waals surface area contributed by atoms with E-state index in [0.717, 1.165) is 0 Å². The molecule has 72 valence electrons. The Balaban J connectivity index is 2.44. The van der Waals surface area contributed by atoms with Crippen molar-refractivity contribution in [2.75, 3.05) is 20.3 Å². The summed E-state index contributed by atoms with van der Waals surface area (Å²) < 4.78 is 4.74. The summed E-state index contributed by atoms with van der Waals surface area (Å²) in [5.74, 6) is -0.324. The lowest BCUT2D eigenvalue weighted by molar-refractivity contribution is 0.0932. The molecule has 1 heterocycles. The van der Waals surface area contributed by atoms with Crippen molar-refractivity contribution in [2.24, 2.45) is 0 Å². The van der Waals surface area contributed by atoms with Crippen molar-refractivity contribution in [3.05, 3.63) is 22.1 Å². The van der Waals surface area contributed by atoms with Crippen LogP contribution < -0.4 is 10.9 Å². The van der Waals surface area contributed by atoms with Gasteiger partial charge < -0.3 is 10.1 Å². The zero-order valence-corrected chi connectivity index (χ0v) is 7.22. The molecule has 0 saturated heterocycles. The number of hydrogen-bond donors (Lipinski definition) is 3. The van der Waals surface area contributed by atoms with Crippen LogP contribution in [-0.4, -0.2) is 36.4 Å². The molecule has 1 aromatic rings. The Labute approximate surface area is 74.3 Å². The molecular weight excluding hydrogens is 174 g/mol. The molecule has 0 aromatic carbocycles. The number of aromatic nitrogens is 2.